The Morgan fingerprint density at radius 1 is 1.06 bits per heavy atom. The van der Waals surface area contributed by atoms with Gasteiger partial charge in [0.25, 0.3) is 11.6 Å². The molecule has 0 spiro atoms. The molecular weight excluding hydrogens is 446 g/mol. The van der Waals surface area contributed by atoms with Crippen molar-refractivity contribution in [2.24, 2.45) is 0 Å². The number of thioether (sulfide) groups is 1. The molecule has 1 aliphatic heterocycles. The lowest BCUT2D eigenvalue weighted by Gasteiger charge is -2.14. The number of aromatic nitrogens is 1. The van der Waals surface area contributed by atoms with Gasteiger partial charge in [-0.05, 0) is 68.0 Å². The molecule has 3 aromatic rings. The topological polar surface area (TPSA) is 77.6 Å². The Bertz CT molecular complexity index is 1260. The Balaban J connectivity index is 1.65. The number of benzene rings is 2. The lowest BCUT2D eigenvalue weighted by molar-refractivity contribution is -0.384. The monoisotopic (exact) mass is 465 g/mol. The summed E-state index contributed by atoms with van der Waals surface area (Å²) in [6.45, 7) is 4.01. The van der Waals surface area contributed by atoms with Crippen LogP contribution in [0.4, 0.5) is 11.4 Å². The van der Waals surface area contributed by atoms with Gasteiger partial charge in [0.15, 0.2) is 4.32 Å². The molecule has 0 aliphatic carbocycles. The zero-order chi connectivity index (χ0) is 23.0. The highest BCUT2D eigenvalue weighted by molar-refractivity contribution is 8.27. The molecule has 1 aromatic heterocycles. The van der Waals surface area contributed by atoms with Gasteiger partial charge in [-0.15, -0.1) is 0 Å². The number of hydrogen-bond donors (Lipinski definition) is 0. The van der Waals surface area contributed by atoms with Crippen LogP contribution in [0.1, 0.15) is 17.0 Å². The number of amides is 1. The minimum absolute atomic E-state index is 0.0410. The Hall–Kier alpha value is -3.43. The summed E-state index contributed by atoms with van der Waals surface area (Å²) in [4.78, 5) is 25.4. The lowest BCUT2D eigenvalue weighted by Crippen LogP contribution is -2.27. The van der Waals surface area contributed by atoms with Crippen molar-refractivity contribution < 1.29 is 14.5 Å². The maximum absolute atomic E-state index is 13.1. The largest absolute Gasteiger partial charge is 0.497 e. The normalized spacial score (nSPS) is 15.0. The maximum atomic E-state index is 13.1. The van der Waals surface area contributed by atoms with E-state index in [0.717, 1.165) is 28.4 Å². The fourth-order valence-electron chi connectivity index (χ4n) is 3.62. The van der Waals surface area contributed by atoms with Crippen molar-refractivity contribution in [1.29, 1.82) is 0 Å². The minimum atomic E-state index is -0.480. The number of nitrogens with zero attached hydrogens (tertiary/aromatic N) is 3. The number of methoxy groups -OCH3 is 1. The fraction of sp³-hybridized carbons (Fsp3) is 0.130. The number of ether oxygens (including phenoxy) is 1. The summed E-state index contributed by atoms with van der Waals surface area (Å²) < 4.78 is 7.74. The lowest BCUT2D eigenvalue weighted by atomic mass is 10.2. The summed E-state index contributed by atoms with van der Waals surface area (Å²) in [5.74, 6) is 0.537. The summed E-state index contributed by atoms with van der Waals surface area (Å²) in [6, 6.07) is 15.6. The molecule has 0 bridgehead atoms. The average Bonchev–Trinajstić information content (AvgIpc) is 3.22. The first kappa shape index (κ1) is 21.8. The van der Waals surface area contributed by atoms with Crippen LogP contribution in [0.5, 0.6) is 5.75 Å². The maximum Gasteiger partial charge on any atom is 0.270 e. The van der Waals surface area contributed by atoms with Gasteiger partial charge in [0.2, 0.25) is 0 Å². The number of anilines is 1. The number of nitro benzene ring substituents is 1. The summed E-state index contributed by atoms with van der Waals surface area (Å²) in [7, 11) is 1.63. The van der Waals surface area contributed by atoms with Crippen LogP contribution in [-0.2, 0) is 4.79 Å². The summed E-state index contributed by atoms with van der Waals surface area (Å²) >= 11 is 6.63. The van der Waals surface area contributed by atoms with Crippen LogP contribution in [0.2, 0.25) is 0 Å². The Morgan fingerprint density at radius 3 is 2.28 bits per heavy atom. The summed E-state index contributed by atoms with van der Waals surface area (Å²) in [6.07, 6.45) is 1.84. The van der Waals surface area contributed by atoms with E-state index in [2.05, 4.69) is 4.57 Å². The fourth-order valence-corrected chi connectivity index (χ4v) is 4.91. The highest BCUT2D eigenvalue weighted by Crippen LogP contribution is 2.37. The van der Waals surface area contributed by atoms with E-state index in [0.29, 0.717) is 14.9 Å². The van der Waals surface area contributed by atoms with Crippen LogP contribution < -0.4 is 9.64 Å². The van der Waals surface area contributed by atoms with E-state index in [9.17, 15) is 14.9 Å². The third-order valence-electron chi connectivity index (χ3n) is 5.20. The average molecular weight is 466 g/mol. The highest BCUT2D eigenvalue weighted by atomic mass is 32.2. The van der Waals surface area contributed by atoms with Crippen molar-refractivity contribution in [2.45, 2.75) is 13.8 Å². The molecule has 0 N–H and O–H groups in total. The zero-order valence-electron chi connectivity index (χ0n) is 17.6. The Morgan fingerprint density at radius 2 is 1.69 bits per heavy atom. The number of non-ortho nitro benzene ring substituents is 1. The molecule has 0 atom stereocenters. The second kappa shape index (κ2) is 8.60. The Labute approximate surface area is 194 Å². The second-order valence-corrected chi connectivity index (χ2v) is 8.83. The summed E-state index contributed by atoms with van der Waals surface area (Å²) in [5.41, 5.74) is 4.41. The smallest absolute Gasteiger partial charge is 0.270 e. The van der Waals surface area contributed by atoms with Crippen LogP contribution >= 0.6 is 24.0 Å². The van der Waals surface area contributed by atoms with E-state index in [1.165, 1.54) is 40.9 Å². The van der Waals surface area contributed by atoms with Crippen molar-refractivity contribution >= 4 is 51.7 Å². The van der Waals surface area contributed by atoms with Gasteiger partial charge in [0.05, 0.1) is 22.6 Å². The first-order chi connectivity index (χ1) is 15.3. The van der Waals surface area contributed by atoms with E-state index in [-0.39, 0.29) is 11.6 Å². The molecule has 1 fully saturated rings. The third-order valence-corrected chi connectivity index (χ3v) is 6.50. The van der Waals surface area contributed by atoms with Crippen molar-refractivity contribution in [2.75, 3.05) is 12.0 Å². The molecule has 0 unspecified atom stereocenters. The molecule has 1 aliphatic rings. The molecule has 9 heteroatoms. The minimum Gasteiger partial charge on any atom is -0.497 e. The van der Waals surface area contributed by atoms with E-state index >= 15 is 0 Å². The first-order valence-electron chi connectivity index (χ1n) is 9.66. The van der Waals surface area contributed by atoms with Crippen molar-refractivity contribution in [1.82, 2.24) is 4.57 Å². The van der Waals surface area contributed by atoms with Crippen molar-refractivity contribution in [3.05, 3.63) is 86.6 Å². The predicted molar refractivity (Wildman–Crippen MR) is 131 cm³/mol. The number of thiocarbonyl (C=S) groups is 1. The van der Waals surface area contributed by atoms with Gasteiger partial charge >= 0.3 is 0 Å². The molecule has 2 heterocycles. The predicted octanol–water partition coefficient (Wildman–Crippen LogP) is 5.42. The molecule has 32 heavy (non-hydrogen) atoms. The van der Waals surface area contributed by atoms with Crippen molar-refractivity contribution in [3.8, 4) is 11.4 Å². The molecule has 0 radical (unpaired) electrons. The molecule has 0 saturated carbocycles. The van der Waals surface area contributed by atoms with E-state index in [1.807, 2.05) is 50.3 Å². The van der Waals surface area contributed by atoms with Gasteiger partial charge in [-0.2, -0.15) is 0 Å². The third kappa shape index (κ3) is 3.92. The standard InChI is InChI=1S/C23H19N3O4S2/c1-14-12-16(15(2)24(14)17-8-10-20(30-3)11-9-17)13-21-22(27)25(23(31)32-21)18-4-6-19(7-5-18)26(28)29/h4-13H,1-3H3. The molecule has 7 nitrogen and oxygen atoms in total. The van der Waals surface area contributed by atoms with E-state index < -0.39 is 4.92 Å². The van der Waals surface area contributed by atoms with Gasteiger partial charge in [-0.25, -0.2) is 0 Å². The van der Waals surface area contributed by atoms with Crippen LogP contribution in [0.15, 0.2) is 59.5 Å². The van der Waals surface area contributed by atoms with Crippen LogP contribution in [0.25, 0.3) is 11.8 Å². The molecule has 1 saturated heterocycles. The first-order valence-corrected chi connectivity index (χ1v) is 10.9. The van der Waals surface area contributed by atoms with Gasteiger partial charge < -0.3 is 9.30 Å². The van der Waals surface area contributed by atoms with Gasteiger partial charge in [-0.3, -0.25) is 19.8 Å². The number of carbonyl (C=O) groups is 1. The van der Waals surface area contributed by atoms with E-state index in [1.54, 1.807) is 7.11 Å². The van der Waals surface area contributed by atoms with Crippen LogP contribution in [0, 0.1) is 24.0 Å². The van der Waals surface area contributed by atoms with Gasteiger partial charge in [0.1, 0.15) is 5.75 Å². The van der Waals surface area contributed by atoms with Crippen LogP contribution in [-0.4, -0.2) is 26.8 Å². The molecule has 1 amide bonds. The molecular formula is C23H19N3O4S2. The summed E-state index contributed by atoms with van der Waals surface area (Å²) in [5, 5.41) is 10.9. The van der Waals surface area contributed by atoms with E-state index in [4.69, 9.17) is 17.0 Å². The Kier molecular flexibility index (Phi) is 5.86. The molecule has 2 aromatic carbocycles. The second-order valence-electron chi connectivity index (χ2n) is 7.15. The number of nitro groups is 1. The highest BCUT2D eigenvalue weighted by Gasteiger charge is 2.33. The number of carbonyl (C=O) groups excluding carboxylic acids is 1. The number of hydrogen-bond acceptors (Lipinski definition) is 6. The number of aryl methyl sites for hydroxylation is 1. The zero-order valence-corrected chi connectivity index (χ0v) is 19.2. The SMILES string of the molecule is COc1ccc(-n2c(C)cc(C=C3SC(=S)N(c4ccc([N+](=O)[O-])cc4)C3=O)c2C)cc1. The molecule has 162 valence electrons. The van der Waals surface area contributed by atoms with Crippen molar-refractivity contribution in [3.63, 3.8) is 0 Å². The quantitative estimate of drug-likeness (QED) is 0.217. The van der Waals surface area contributed by atoms with Crippen LogP contribution in [0.3, 0.4) is 0 Å². The number of rotatable bonds is 5. The molecule has 4 rings (SSSR count). The van der Waals surface area contributed by atoms with Gasteiger partial charge in [-0.1, -0.05) is 24.0 Å². The van der Waals surface area contributed by atoms with Gasteiger partial charge in [0, 0.05) is 29.2 Å².